The van der Waals surface area contributed by atoms with Gasteiger partial charge in [-0.3, -0.25) is 14.9 Å². The quantitative estimate of drug-likeness (QED) is 0.733. The van der Waals surface area contributed by atoms with Gasteiger partial charge in [0.1, 0.15) is 4.90 Å². The predicted molar refractivity (Wildman–Crippen MR) is 105 cm³/mol. The maximum absolute atomic E-state index is 12.8. The topological polar surface area (TPSA) is 75.6 Å². The lowest BCUT2D eigenvalue weighted by Gasteiger charge is -2.57. The normalized spacial score (nSPS) is 22.8. The molecule has 1 spiro atoms. The summed E-state index contributed by atoms with van der Waals surface area (Å²) < 4.78 is 33.1. The molecule has 2 fully saturated rings. The van der Waals surface area contributed by atoms with Crippen molar-refractivity contribution in [2.24, 2.45) is 5.92 Å². The summed E-state index contributed by atoms with van der Waals surface area (Å²) >= 11 is 0. The molecule has 4 heterocycles. The molecule has 8 heteroatoms. The second-order valence-corrected chi connectivity index (χ2v) is 9.74. The summed E-state index contributed by atoms with van der Waals surface area (Å²) in [6.45, 7) is 3.20. The third-order valence-electron chi connectivity index (χ3n) is 5.89. The van der Waals surface area contributed by atoms with Crippen LogP contribution in [-0.4, -0.2) is 66.4 Å². The van der Waals surface area contributed by atoms with Crippen LogP contribution in [0.25, 0.3) is 0 Å². The number of pyridine rings is 2. The second kappa shape index (κ2) is 7.87. The van der Waals surface area contributed by atoms with E-state index in [2.05, 4.69) is 21.9 Å². The summed E-state index contributed by atoms with van der Waals surface area (Å²) in [4.78, 5) is 10.8. The zero-order valence-corrected chi connectivity index (χ0v) is 16.9. The first-order valence-corrected chi connectivity index (χ1v) is 11.0. The highest BCUT2D eigenvalue weighted by Crippen LogP contribution is 2.40. The van der Waals surface area contributed by atoms with Crippen LogP contribution in [0.15, 0.2) is 53.8 Å². The first kappa shape index (κ1) is 19.4. The van der Waals surface area contributed by atoms with Crippen molar-refractivity contribution in [3.05, 3.63) is 54.6 Å². The summed E-state index contributed by atoms with van der Waals surface area (Å²) in [5, 5.41) is 0. The first-order chi connectivity index (χ1) is 13.5. The van der Waals surface area contributed by atoms with Gasteiger partial charge < -0.3 is 4.74 Å². The molecule has 7 nitrogen and oxygen atoms in total. The van der Waals surface area contributed by atoms with Gasteiger partial charge in [0.05, 0.1) is 18.9 Å². The number of hydrogen-bond donors (Lipinski definition) is 0. The standard InChI is InChI=1S/C20H26N4O3S/c1-23-10-7-17(13-27-14-18-5-2-3-9-22-18)11-20(23)15-24(16-20)28(25,26)19-6-4-8-21-12-19/h2-6,8-9,12,17H,7,10-11,13-16H2,1H3. The minimum absolute atomic E-state index is 0.0907. The summed E-state index contributed by atoms with van der Waals surface area (Å²) in [6, 6.07) is 9.08. The van der Waals surface area contributed by atoms with E-state index in [1.54, 1.807) is 28.8 Å². The van der Waals surface area contributed by atoms with E-state index in [0.29, 0.717) is 32.2 Å². The Balaban J connectivity index is 1.34. The minimum atomic E-state index is -3.47. The number of sulfonamides is 1. The second-order valence-electron chi connectivity index (χ2n) is 7.80. The minimum Gasteiger partial charge on any atom is -0.375 e. The molecule has 1 unspecified atom stereocenters. The highest BCUT2D eigenvalue weighted by Gasteiger charge is 2.53. The van der Waals surface area contributed by atoms with Crippen molar-refractivity contribution < 1.29 is 13.2 Å². The van der Waals surface area contributed by atoms with Crippen LogP contribution in [-0.2, 0) is 21.4 Å². The van der Waals surface area contributed by atoms with Crippen LogP contribution in [0.1, 0.15) is 18.5 Å². The number of rotatable bonds is 6. The number of hydrogen-bond acceptors (Lipinski definition) is 6. The highest BCUT2D eigenvalue weighted by molar-refractivity contribution is 7.89. The average Bonchev–Trinajstić information content (AvgIpc) is 2.69. The van der Waals surface area contributed by atoms with Gasteiger partial charge in [0.25, 0.3) is 0 Å². The van der Waals surface area contributed by atoms with Gasteiger partial charge in [-0.25, -0.2) is 8.42 Å². The molecular formula is C20H26N4O3S. The molecule has 0 aromatic carbocycles. The largest absolute Gasteiger partial charge is 0.375 e. The van der Waals surface area contributed by atoms with Gasteiger partial charge in [0, 0.05) is 37.2 Å². The third-order valence-corrected chi connectivity index (χ3v) is 7.67. The molecule has 4 rings (SSSR count). The lowest BCUT2D eigenvalue weighted by atomic mass is 9.77. The van der Waals surface area contributed by atoms with E-state index >= 15 is 0 Å². The monoisotopic (exact) mass is 402 g/mol. The van der Waals surface area contributed by atoms with E-state index in [0.717, 1.165) is 25.1 Å². The maximum atomic E-state index is 12.8. The number of likely N-dealkylation sites (N-methyl/N-ethyl adjacent to an activating group) is 1. The van der Waals surface area contributed by atoms with Crippen LogP contribution < -0.4 is 0 Å². The number of ether oxygens (including phenoxy) is 1. The molecule has 0 saturated carbocycles. The molecule has 2 aromatic rings. The van der Waals surface area contributed by atoms with Crippen LogP contribution >= 0.6 is 0 Å². The maximum Gasteiger partial charge on any atom is 0.244 e. The van der Waals surface area contributed by atoms with Crippen LogP contribution in [0, 0.1) is 5.92 Å². The van der Waals surface area contributed by atoms with Crippen molar-refractivity contribution in [3.8, 4) is 0 Å². The fourth-order valence-corrected chi connectivity index (χ4v) is 5.73. The Morgan fingerprint density at radius 1 is 1.21 bits per heavy atom. The molecule has 1 atom stereocenters. The van der Waals surface area contributed by atoms with Gasteiger partial charge in [-0.1, -0.05) is 6.07 Å². The molecule has 150 valence electrons. The third kappa shape index (κ3) is 3.82. The average molecular weight is 403 g/mol. The summed E-state index contributed by atoms with van der Waals surface area (Å²) in [6.07, 6.45) is 6.79. The Kier molecular flexibility index (Phi) is 5.46. The van der Waals surface area contributed by atoms with Gasteiger partial charge in [-0.2, -0.15) is 4.31 Å². The van der Waals surface area contributed by atoms with Gasteiger partial charge >= 0.3 is 0 Å². The summed E-state index contributed by atoms with van der Waals surface area (Å²) in [5.74, 6) is 0.433. The first-order valence-electron chi connectivity index (χ1n) is 9.59. The van der Waals surface area contributed by atoms with E-state index < -0.39 is 10.0 Å². The molecule has 28 heavy (non-hydrogen) atoms. The zero-order chi connectivity index (χ0) is 19.6. The molecular weight excluding hydrogens is 376 g/mol. The van der Waals surface area contributed by atoms with Gasteiger partial charge in [-0.05, 0) is 56.6 Å². The fourth-order valence-electron chi connectivity index (χ4n) is 4.16. The fraction of sp³-hybridized carbons (Fsp3) is 0.500. The Morgan fingerprint density at radius 2 is 2.07 bits per heavy atom. The van der Waals surface area contributed by atoms with Crippen molar-refractivity contribution in [1.82, 2.24) is 19.2 Å². The van der Waals surface area contributed by atoms with Crippen molar-refractivity contribution in [2.45, 2.75) is 29.9 Å². The molecule has 0 radical (unpaired) electrons. The summed E-state index contributed by atoms with van der Waals surface area (Å²) in [5.41, 5.74) is 0.842. The molecule has 0 N–H and O–H groups in total. The molecule has 2 aliphatic rings. The number of likely N-dealkylation sites (tertiary alicyclic amines) is 1. The van der Waals surface area contributed by atoms with Gasteiger partial charge in [0.15, 0.2) is 0 Å². The van der Waals surface area contributed by atoms with Gasteiger partial charge in [0.2, 0.25) is 10.0 Å². The Labute approximate surface area is 166 Å². The molecule has 2 saturated heterocycles. The van der Waals surface area contributed by atoms with Crippen LogP contribution in [0.5, 0.6) is 0 Å². The van der Waals surface area contributed by atoms with Crippen molar-refractivity contribution in [1.29, 1.82) is 0 Å². The van der Waals surface area contributed by atoms with E-state index in [-0.39, 0.29) is 10.4 Å². The van der Waals surface area contributed by atoms with Crippen molar-refractivity contribution in [2.75, 3.05) is 33.3 Å². The summed E-state index contributed by atoms with van der Waals surface area (Å²) in [7, 11) is -1.37. The van der Waals surface area contributed by atoms with E-state index in [1.807, 2.05) is 18.2 Å². The van der Waals surface area contributed by atoms with E-state index in [1.165, 1.54) is 6.20 Å². The highest BCUT2D eigenvalue weighted by atomic mass is 32.2. The Hall–Kier alpha value is -1.87. The van der Waals surface area contributed by atoms with E-state index in [9.17, 15) is 8.42 Å². The molecule has 0 bridgehead atoms. The molecule has 0 aliphatic carbocycles. The smallest absolute Gasteiger partial charge is 0.244 e. The SMILES string of the molecule is CN1CCC(COCc2ccccn2)CC12CN(S(=O)(=O)c1cccnc1)C2. The number of piperidine rings is 1. The molecule has 2 aromatic heterocycles. The lowest BCUT2D eigenvalue weighted by Crippen LogP contribution is -2.72. The number of aromatic nitrogens is 2. The molecule has 2 aliphatic heterocycles. The Bertz CT molecular complexity index is 886. The van der Waals surface area contributed by atoms with Gasteiger partial charge in [-0.15, -0.1) is 0 Å². The van der Waals surface area contributed by atoms with Crippen LogP contribution in [0.2, 0.25) is 0 Å². The van der Waals surface area contributed by atoms with Crippen molar-refractivity contribution >= 4 is 10.0 Å². The number of nitrogens with zero attached hydrogens (tertiary/aromatic N) is 4. The lowest BCUT2D eigenvalue weighted by molar-refractivity contribution is -0.0602. The van der Waals surface area contributed by atoms with Crippen LogP contribution in [0.4, 0.5) is 0 Å². The predicted octanol–water partition coefficient (Wildman–Crippen LogP) is 1.78. The molecule has 0 amide bonds. The zero-order valence-electron chi connectivity index (χ0n) is 16.1. The van der Waals surface area contributed by atoms with Crippen molar-refractivity contribution in [3.63, 3.8) is 0 Å². The van der Waals surface area contributed by atoms with E-state index in [4.69, 9.17) is 4.74 Å². The van der Waals surface area contributed by atoms with Crippen LogP contribution in [0.3, 0.4) is 0 Å². The Morgan fingerprint density at radius 3 is 2.79 bits per heavy atom.